The summed E-state index contributed by atoms with van der Waals surface area (Å²) in [5.41, 5.74) is 0. The van der Waals surface area contributed by atoms with Crippen LogP contribution in [0.5, 0.6) is 0 Å². The standard InChI is InChI=1S/C21H43P/c1-4-5-6-7-8-9-10-11-12-13-14-15-16-17-18-19-20-21-22(2)3/h19-20H,4-18,21H2,1-3H3. The first-order chi connectivity index (χ1) is 10.8. The van der Waals surface area contributed by atoms with Crippen LogP contribution in [-0.2, 0) is 0 Å². The minimum Gasteiger partial charge on any atom is -0.109 e. The van der Waals surface area contributed by atoms with Gasteiger partial charge in [-0.3, -0.25) is 0 Å². The quantitative estimate of drug-likeness (QED) is 0.144. The van der Waals surface area contributed by atoms with Crippen molar-refractivity contribution < 1.29 is 0 Å². The van der Waals surface area contributed by atoms with Gasteiger partial charge < -0.3 is 0 Å². The molecule has 22 heavy (non-hydrogen) atoms. The van der Waals surface area contributed by atoms with E-state index >= 15 is 0 Å². The first-order valence-corrected chi connectivity index (χ1v) is 12.5. The van der Waals surface area contributed by atoms with E-state index in [9.17, 15) is 0 Å². The fourth-order valence-electron chi connectivity index (χ4n) is 2.86. The molecule has 0 atom stereocenters. The van der Waals surface area contributed by atoms with Crippen molar-refractivity contribution in [3.8, 4) is 0 Å². The second-order valence-electron chi connectivity index (χ2n) is 7.12. The number of unbranched alkanes of at least 4 members (excludes halogenated alkanes) is 14. The Labute approximate surface area is 143 Å². The SMILES string of the molecule is CCCCCCCCCCCCCCCCC=CCP(C)C. The van der Waals surface area contributed by atoms with Crippen LogP contribution in [0.25, 0.3) is 0 Å². The summed E-state index contributed by atoms with van der Waals surface area (Å²) in [5, 5.41) is 0. The molecular weight excluding hydrogens is 283 g/mol. The summed E-state index contributed by atoms with van der Waals surface area (Å²) in [6.07, 6.45) is 27.8. The van der Waals surface area contributed by atoms with Gasteiger partial charge in [0.1, 0.15) is 0 Å². The zero-order chi connectivity index (χ0) is 16.3. The van der Waals surface area contributed by atoms with Crippen LogP contribution in [0.1, 0.15) is 103 Å². The predicted octanol–water partition coefficient (Wildman–Crippen LogP) is 8.16. The molecule has 0 fully saturated rings. The van der Waals surface area contributed by atoms with Gasteiger partial charge in [0.25, 0.3) is 0 Å². The minimum absolute atomic E-state index is 0.269. The maximum absolute atomic E-state index is 2.41. The molecule has 0 amide bonds. The Balaban J connectivity index is 3.01. The summed E-state index contributed by atoms with van der Waals surface area (Å²) in [4.78, 5) is 0. The Morgan fingerprint density at radius 3 is 1.36 bits per heavy atom. The monoisotopic (exact) mass is 326 g/mol. The Hall–Kier alpha value is 0.170. The van der Waals surface area contributed by atoms with Crippen LogP contribution >= 0.6 is 7.92 Å². The third kappa shape index (κ3) is 20.2. The van der Waals surface area contributed by atoms with E-state index in [-0.39, 0.29) is 7.92 Å². The van der Waals surface area contributed by atoms with Crippen molar-refractivity contribution in [3.63, 3.8) is 0 Å². The molecule has 132 valence electrons. The molecule has 0 aliphatic rings. The van der Waals surface area contributed by atoms with Gasteiger partial charge in [-0.05, 0) is 32.3 Å². The Kier molecular flexibility index (Phi) is 19.4. The van der Waals surface area contributed by atoms with Gasteiger partial charge in [0, 0.05) is 0 Å². The second kappa shape index (κ2) is 19.2. The highest BCUT2D eigenvalue weighted by Gasteiger charge is 1.93. The Morgan fingerprint density at radius 1 is 0.545 bits per heavy atom. The molecule has 0 aromatic carbocycles. The van der Waals surface area contributed by atoms with E-state index in [2.05, 4.69) is 32.4 Å². The van der Waals surface area contributed by atoms with Crippen molar-refractivity contribution in [1.29, 1.82) is 0 Å². The summed E-state index contributed by atoms with van der Waals surface area (Å²) in [6.45, 7) is 7.00. The lowest BCUT2D eigenvalue weighted by molar-refractivity contribution is 0.536. The van der Waals surface area contributed by atoms with E-state index in [1.807, 2.05) is 0 Å². The number of allylic oxidation sites excluding steroid dienone is 2. The fraction of sp³-hybridized carbons (Fsp3) is 0.905. The molecule has 0 saturated heterocycles. The first-order valence-electron chi connectivity index (χ1n) is 10.1. The fourth-order valence-corrected chi connectivity index (χ4v) is 3.43. The average Bonchev–Trinajstić information content (AvgIpc) is 2.50. The van der Waals surface area contributed by atoms with E-state index in [0.29, 0.717) is 0 Å². The molecule has 0 bridgehead atoms. The Morgan fingerprint density at radius 2 is 0.955 bits per heavy atom. The van der Waals surface area contributed by atoms with Crippen LogP contribution in [-0.4, -0.2) is 19.5 Å². The van der Waals surface area contributed by atoms with Gasteiger partial charge in [-0.25, -0.2) is 0 Å². The molecule has 0 aliphatic carbocycles. The van der Waals surface area contributed by atoms with E-state index in [1.165, 1.54) is 102 Å². The highest BCUT2D eigenvalue weighted by Crippen LogP contribution is 2.23. The van der Waals surface area contributed by atoms with Gasteiger partial charge in [-0.15, -0.1) is 7.92 Å². The van der Waals surface area contributed by atoms with Crippen molar-refractivity contribution in [2.24, 2.45) is 0 Å². The highest BCUT2D eigenvalue weighted by molar-refractivity contribution is 7.56. The Bertz CT molecular complexity index is 220. The van der Waals surface area contributed by atoms with Crippen molar-refractivity contribution in [3.05, 3.63) is 12.2 Å². The van der Waals surface area contributed by atoms with Gasteiger partial charge in [0.15, 0.2) is 0 Å². The normalized spacial score (nSPS) is 11.8. The van der Waals surface area contributed by atoms with E-state index in [0.717, 1.165) is 0 Å². The molecule has 0 radical (unpaired) electrons. The predicted molar refractivity (Wildman–Crippen MR) is 108 cm³/mol. The molecule has 0 aliphatic heterocycles. The lowest BCUT2D eigenvalue weighted by Crippen LogP contribution is -1.83. The zero-order valence-corrected chi connectivity index (χ0v) is 16.8. The third-order valence-corrected chi connectivity index (χ3v) is 5.30. The highest BCUT2D eigenvalue weighted by atomic mass is 31.1. The molecule has 0 aromatic heterocycles. The van der Waals surface area contributed by atoms with Gasteiger partial charge in [0.05, 0.1) is 0 Å². The molecule has 0 N–H and O–H groups in total. The molecule has 0 spiro atoms. The largest absolute Gasteiger partial charge is 0.109 e. The molecule has 0 unspecified atom stereocenters. The molecule has 0 heterocycles. The van der Waals surface area contributed by atoms with Gasteiger partial charge in [-0.1, -0.05) is 103 Å². The van der Waals surface area contributed by atoms with Crippen molar-refractivity contribution in [2.75, 3.05) is 19.5 Å². The number of rotatable bonds is 17. The smallest absolute Gasteiger partial charge is 0.0150 e. The minimum atomic E-state index is 0.269. The zero-order valence-electron chi connectivity index (χ0n) is 15.9. The van der Waals surface area contributed by atoms with E-state index in [4.69, 9.17) is 0 Å². The molecule has 0 aromatic rings. The molecule has 0 rings (SSSR count). The third-order valence-electron chi connectivity index (χ3n) is 4.36. The summed E-state index contributed by atoms with van der Waals surface area (Å²) in [5.74, 6) is 0. The van der Waals surface area contributed by atoms with Crippen molar-refractivity contribution in [2.45, 2.75) is 103 Å². The average molecular weight is 327 g/mol. The number of hydrogen-bond donors (Lipinski definition) is 0. The van der Waals surface area contributed by atoms with Gasteiger partial charge in [-0.2, -0.15) is 0 Å². The molecule has 1 heteroatoms. The summed E-state index contributed by atoms with van der Waals surface area (Å²) < 4.78 is 0. The maximum atomic E-state index is 2.41. The molecular formula is C21H43P. The van der Waals surface area contributed by atoms with Crippen LogP contribution in [0, 0.1) is 0 Å². The topological polar surface area (TPSA) is 0 Å². The first kappa shape index (κ1) is 22.2. The van der Waals surface area contributed by atoms with E-state index in [1.54, 1.807) is 0 Å². The second-order valence-corrected chi connectivity index (χ2v) is 9.64. The molecule has 0 saturated carbocycles. The van der Waals surface area contributed by atoms with Crippen LogP contribution in [0.15, 0.2) is 12.2 Å². The van der Waals surface area contributed by atoms with Crippen molar-refractivity contribution in [1.82, 2.24) is 0 Å². The van der Waals surface area contributed by atoms with Crippen LogP contribution in [0.3, 0.4) is 0 Å². The number of hydrogen-bond acceptors (Lipinski definition) is 0. The van der Waals surface area contributed by atoms with Crippen LogP contribution < -0.4 is 0 Å². The summed E-state index contributed by atoms with van der Waals surface area (Å²) in [7, 11) is 0.269. The van der Waals surface area contributed by atoms with E-state index < -0.39 is 0 Å². The van der Waals surface area contributed by atoms with Crippen LogP contribution in [0.4, 0.5) is 0 Å². The van der Waals surface area contributed by atoms with Crippen molar-refractivity contribution >= 4 is 7.92 Å². The lowest BCUT2D eigenvalue weighted by atomic mass is 10.0. The summed E-state index contributed by atoms with van der Waals surface area (Å²) >= 11 is 0. The van der Waals surface area contributed by atoms with Crippen LogP contribution in [0.2, 0.25) is 0 Å². The maximum Gasteiger partial charge on any atom is -0.0150 e. The molecule has 0 nitrogen and oxygen atoms in total. The lowest BCUT2D eigenvalue weighted by Gasteiger charge is -2.03. The summed E-state index contributed by atoms with van der Waals surface area (Å²) in [6, 6.07) is 0. The van der Waals surface area contributed by atoms with Gasteiger partial charge >= 0.3 is 0 Å². The van der Waals surface area contributed by atoms with Gasteiger partial charge in [0.2, 0.25) is 0 Å².